The van der Waals surface area contributed by atoms with Crippen molar-refractivity contribution >= 4 is 49.6 Å². The van der Waals surface area contributed by atoms with Gasteiger partial charge in [-0.25, -0.2) is 0 Å². The molecule has 0 spiro atoms. The molecule has 0 aliphatic heterocycles. The normalized spacial score (nSPS) is 11.3. The zero-order valence-corrected chi connectivity index (χ0v) is 9.67. The largest absolute Gasteiger partial charge is 0.332 e. The molecule has 0 rings (SSSR count). The monoisotopic (exact) mass is 285 g/mol. The molecular weight excluding hydrogens is 278 g/mol. The summed E-state index contributed by atoms with van der Waals surface area (Å²) >= 11 is 11.3. The van der Waals surface area contributed by atoms with E-state index >= 15 is 0 Å². The molecule has 0 unspecified atom stereocenters. The maximum absolute atomic E-state index is 4.79. The summed E-state index contributed by atoms with van der Waals surface area (Å²) in [6.07, 6.45) is 1.09. The highest BCUT2D eigenvalue weighted by molar-refractivity contribution is 9.14. The molecule has 0 heterocycles. The molecule has 0 aliphatic carbocycles. The first-order valence-electron chi connectivity index (χ1n) is 2.94. The van der Waals surface area contributed by atoms with E-state index in [1.807, 2.05) is 4.90 Å². The smallest absolute Gasteiger partial charge is 0.0922 e. The lowest BCUT2D eigenvalue weighted by atomic mass is 10.4. The molecule has 0 N–H and O–H groups in total. The summed E-state index contributed by atoms with van der Waals surface area (Å²) in [5.41, 5.74) is 1.63. The van der Waals surface area contributed by atoms with Gasteiger partial charge in [0.25, 0.3) is 0 Å². The van der Waals surface area contributed by atoms with E-state index in [1.165, 1.54) is 0 Å². The fraction of sp³-hybridized carbons (Fsp3) is 0.500. The summed E-state index contributed by atoms with van der Waals surface area (Å²) in [6.45, 7) is 3.06. The summed E-state index contributed by atoms with van der Waals surface area (Å²) in [6, 6.07) is 0. The molecule has 0 bridgehead atoms. The fourth-order valence-electron chi connectivity index (χ4n) is 0.513. The van der Waals surface area contributed by atoms with Gasteiger partial charge in [0.1, 0.15) is 0 Å². The third-order valence-electron chi connectivity index (χ3n) is 0.956. The van der Waals surface area contributed by atoms with Crippen molar-refractivity contribution < 1.29 is 0 Å². The minimum atomic E-state index is 0.951. The van der Waals surface area contributed by atoms with E-state index in [-0.39, 0.29) is 0 Å². The molecule has 0 saturated heterocycles. The zero-order valence-electron chi connectivity index (χ0n) is 5.68. The van der Waals surface area contributed by atoms with Crippen LogP contribution in [-0.4, -0.2) is 16.9 Å². The number of rotatable bonds is 4. The van der Waals surface area contributed by atoms with Crippen molar-refractivity contribution in [1.29, 1.82) is 0 Å². The summed E-state index contributed by atoms with van der Waals surface area (Å²) in [7, 11) is 0. The second kappa shape index (κ2) is 6.31. The molecule has 0 atom stereocenters. The van der Waals surface area contributed by atoms with E-state index in [2.05, 4.69) is 38.8 Å². The quantitative estimate of drug-likeness (QED) is 0.577. The van der Waals surface area contributed by atoms with Gasteiger partial charge in [-0.1, -0.05) is 35.1 Å². The number of halogens is 2. The number of nitrogens with zero attached hydrogens (tertiary/aromatic N) is 1. The maximum atomic E-state index is 4.79. The molecule has 1 nitrogen and oxygen atoms in total. The van der Waals surface area contributed by atoms with Gasteiger partial charge in [0.2, 0.25) is 0 Å². The summed E-state index contributed by atoms with van der Waals surface area (Å²) in [4.78, 5) is 3.75. The maximum Gasteiger partial charge on any atom is 0.0922 e. The highest BCUT2D eigenvalue weighted by Gasteiger charge is 1.99. The lowest BCUT2D eigenvalue weighted by molar-refractivity contribution is 0.563. The summed E-state index contributed by atoms with van der Waals surface area (Å²) in [5, 5.41) is 0. The Labute approximate surface area is 83.7 Å². The Kier molecular flexibility index (Phi) is 6.68. The molecule has 0 saturated carbocycles. The Morgan fingerprint density at radius 2 is 2.30 bits per heavy atom. The van der Waals surface area contributed by atoms with Gasteiger partial charge in [0, 0.05) is 11.5 Å². The van der Waals surface area contributed by atoms with E-state index < -0.39 is 0 Å². The van der Waals surface area contributed by atoms with Crippen LogP contribution in [0.1, 0.15) is 13.3 Å². The van der Waals surface area contributed by atoms with E-state index in [0.717, 1.165) is 17.6 Å². The molecule has 10 heavy (non-hydrogen) atoms. The van der Waals surface area contributed by atoms with Crippen molar-refractivity contribution in [2.45, 2.75) is 13.3 Å². The van der Waals surface area contributed by atoms with E-state index in [9.17, 15) is 0 Å². The lowest BCUT2D eigenvalue weighted by Crippen LogP contribution is -2.17. The topological polar surface area (TPSA) is 3.24 Å². The van der Waals surface area contributed by atoms with Crippen LogP contribution in [0.5, 0.6) is 0 Å². The third kappa shape index (κ3) is 3.68. The Hall–Kier alpha value is 0.590. The van der Waals surface area contributed by atoms with E-state index in [0.29, 0.717) is 0 Å². The van der Waals surface area contributed by atoms with Crippen molar-refractivity contribution in [3.05, 3.63) is 9.59 Å². The van der Waals surface area contributed by atoms with Crippen LogP contribution >= 0.6 is 44.1 Å². The fourth-order valence-corrected chi connectivity index (χ4v) is 1.41. The number of hydrogen-bond donors (Lipinski definition) is 0. The van der Waals surface area contributed by atoms with Crippen LogP contribution in [0.25, 0.3) is 0 Å². The van der Waals surface area contributed by atoms with Gasteiger partial charge in [-0.2, -0.15) is 0 Å². The van der Waals surface area contributed by atoms with Crippen LogP contribution in [0.2, 0.25) is 0 Å². The van der Waals surface area contributed by atoms with Gasteiger partial charge in [-0.05, 0) is 22.4 Å². The van der Waals surface area contributed by atoms with Crippen molar-refractivity contribution in [3.63, 3.8) is 0 Å². The Morgan fingerprint density at radius 3 is 2.60 bits per heavy atom. The summed E-state index contributed by atoms with van der Waals surface area (Å²) in [5.74, 6) is 0. The van der Waals surface area contributed by atoms with Crippen LogP contribution in [0.15, 0.2) is 9.59 Å². The first-order chi connectivity index (χ1) is 4.76. The molecule has 0 aromatic heterocycles. The van der Waals surface area contributed by atoms with Gasteiger partial charge >= 0.3 is 0 Å². The highest BCUT2D eigenvalue weighted by atomic mass is 79.9. The van der Waals surface area contributed by atoms with Gasteiger partial charge < -0.3 is 4.90 Å². The zero-order chi connectivity index (χ0) is 7.98. The predicted molar refractivity (Wildman–Crippen MR) is 56.6 cm³/mol. The molecule has 0 amide bonds. The average molecular weight is 287 g/mol. The van der Waals surface area contributed by atoms with Gasteiger partial charge in [-0.15, -0.1) is 0 Å². The van der Waals surface area contributed by atoms with Crippen LogP contribution in [0, 0.1) is 0 Å². The lowest BCUT2D eigenvalue weighted by Gasteiger charge is -2.15. The van der Waals surface area contributed by atoms with Crippen molar-refractivity contribution in [2.75, 3.05) is 6.54 Å². The second-order valence-electron chi connectivity index (χ2n) is 1.73. The van der Waals surface area contributed by atoms with Crippen LogP contribution in [0.4, 0.5) is 0 Å². The van der Waals surface area contributed by atoms with Gasteiger partial charge in [0.15, 0.2) is 0 Å². The minimum Gasteiger partial charge on any atom is -0.332 e. The Morgan fingerprint density at radius 1 is 1.70 bits per heavy atom. The van der Waals surface area contributed by atoms with Crippen LogP contribution < -0.4 is 0 Å². The summed E-state index contributed by atoms with van der Waals surface area (Å²) < 4.78 is 0.962. The standard InChI is InChI=1S/C6H9Br2NS/c1-2-3-9(5-10)6(8)4-7/h4-5H,2-3H2,1H3. The third-order valence-corrected chi connectivity index (χ3v) is 2.94. The molecule has 0 radical (unpaired) electrons. The van der Waals surface area contributed by atoms with Crippen LogP contribution in [-0.2, 0) is 0 Å². The first-order valence-corrected chi connectivity index (χ1v) is 5.12. The second-order valence-corrected chi connectivity index (χ2v) is 3.21. The van der Waals surface area contributed by atoms with E-state index in [1.54, 1.807) is 10.5 Å². The molecule has 0 aromatic rings. The molecule has 0 aliphatic rings. The van der Waals surface area contributed by atoms with Crippen molar-refractivity contribution in [3.8, 4) is 0 Å². The molecular formula is C6H9Br2NS. The highest BCUT2D eigenvalue weighted by Crippen LogP contribution is 2.12. The SMILES string of the molecule is CCCN(C=S)C(Br)=CBr. The Balaban J connectivity index is 3.93. The molecule has 0 aromatic carbocycles. The minimum absolute atomic E-state index is 0.951. The molecule has 58 valence electrons. The van der Waals surface area contributed by atoms with Crippen molar-refractivity contribution in [2.24, 2.45) is 0 Å². The average Bonchev–Trinajstić information content (AvgIpc) is 1.99. The Bertz CT molecular complexity index is 136. The van der Waals surface area contributed by atoms with Gasteiger partial charge in [-0.3, -0.25) is 0 Å². The molecule has 4 heteroatoms. The number of hydrogen-bond acceptors (Lipinski definition) is 1. The first kappa shape index (κ1) is 10.6. The van der Waals surface area contributed by atoms with Gasteiger partial charge in [0.05, 0.1) is 10.1 Å². The van der Waals surface area contributed by atoms with Crippen LogP contribution in [0.3, 0.4) is 0 Å². The molecule has 0 fully saturated rings. The van der Waals surface area contributed by atoms with Crippen molar-refractivity contribution in [1.82, 2.24) is 4.90 Å². The predicted octanol–water partition coefficient (Wildman–Crippen LogP) is 3.24. The number of thiocarbonyl (C=S) groups is 1. The van der Waals surface area contributed by atoms with E-state index in [4.69, 9.17) is 12.2 Å².